The molecule has 2 rings (SSSR count). The van der Waals surface area contributed by atoms with E-state index in [0.29, 0.717) is 0 Å². The first-order chi connectivity index (χ1) is 8.01. The van der Waals surface area contributed by atoms with Crippen molar-refractivity contribution in [3.63, 3.8) is 0 Å². The van der Waals surface area contributed by atoms with Gasteiger partial charge < -0.3 is 5.11 Å². The van der Waals surface area contributed by atoms with Crippen LogP contribution < -0.4 is 0 Å². The van der Waals surface area contributed by atoms with Gasteiger partial charge in [0.2, 0.25) is 0 Å². The highest BCUT2D eigenvalue weighted by Crippen LogP contribution is 2.24. The van der Waals surface area contributed by atoms with E-state index in [1.165, 1.54) is 0 Å². The van der Waals surface area contributed by atoms with Gasteiger partial charge in [0.15, 0.2) is 0 Å². The molecule has 0 amide bonds. The van der Waals surface area contributed by atoms with E-state index >= 15 is 0 Å². The van der Waals surface area contributed by atoms with Gasteiger partial charge in [-0.2, -0.15) is 0 Å². The number of hydrogen-bond acceptors (Lipinski definition) is 3. The Kier molecular flexibility index (Phi) is 2.67. The second-order valence-electron chi connectivity index (χ2n) is 4.35. The van der Waals surface area contributed by atoms with E-state index in [0.717, 1.165) is 11.3 Å². The highest BCUT2D eigenvalue weighted by Gasteiger charge is 2.29. The summed E-state index contributed by atoms with van der Waals surface area (Å²) in [5.41, 5.74) is 0.785. The Morgan fingerprint density at radius 2 is 1.71 bits per heavy atom. The lowest BCUT2D eigenvalue weighted by atomic mass is 9.85. The van der Waals surface area contributed by atoms with Crippen molar-refractivity contribution in [3.05, 3.63) is 42.5 Å². The molecule has 0 bridgehead atoms. The van der Waals surface area contributed by atoms with Crippen LogP contribution in [0.1, 0.15) is 19.4 Å². The van der Waals surface area contributed by atoms with Gasteiger partial charge in [-0.3, -0.25) is 9.36 Å². The van der Waals surface area contributed by atoms with E-state index in [9.17, 15) is 4.79 Å². The number of aliphatic carboxylic acids is 1. The zero-order valence-electron chi connectivity index (χ0n) is 9.66. The van der Waals surface area contributed by atoms with Crippen LogP contribution in [0.15, 0.2) is 36.9 Å². The second kappa shape index (κ2) is 4.01. The fourth-order valence-corrected chi connectivity index (χ4v) is 1.51. The van der Waals surface area contributed by atoms with Gasteiger partial charge in [-0.05, 0) is 31.5 Å². The van der Waals surface area contributed by atoms with Crippen LogP contribution in [-0.2, 0) is 10.2 Å². The molecule has 0 aliphatic heterocycles. The maximum Gasteiger partial charge on any atom is 0.313 e. The van der Waals surface area contributed by atoms with Gasteiger partial charge in [-0.25, -0.2) is 0 Å². The van der Waals surface area contributed by atoms with Gasteiger partial charge in [-0.1, -0.05) is 12.1 Å². The normalized spacial score (nSPS) is 11.4. The lowest BCUT2D eigenvalue weighted by molar-refractivity contribution is -0.142. The van der Waals surface area contributed by atoms with Gasteiger partial charge in [0, 0.05) is 5.69 Å². The molecule has 0 radical (unpaired) electrons. The SMILES string of the molecule is CC(C)(C(=O)O)c1ccc(-n2cnnc2)cc1. The van der Waals surface area contributed by atoms with Crippen LogP contribution in [0.3, 0.4) is 0 Å². The fourth-order valence-electron chi connectivity index (χ4n) is 1.51. The maximum atomic E-state index is 11.1. The van der Waals surface area contributed by atoms with E-state index < -0.39 is 11.4 Å². The van der Waals surface area contributed by atoms with Gasteiger partial charge in [0.25, 0.3) is 0 Å². The third-order valence-corrected chi connectivity index (χ3v) is 2.84. The minimum Gasteiger partial charge on any atom is -0.481 e. The van der Waals surface area contributed by atoms with Crippen LogP contribution in [-0.4, -0.2) is 25.8 Å². The molecule has 1 N–H and O–H groups in total. The fraction of sp³-hybridized carbons (Fsp3) is 0.250. The van der Waals surface area contributed by atoms with E-state index in [1.54, 1.807) is 31.1 Å². The van der Waals surface area contributed by atoms with E-state index in [4.69, 9.17) is 5.11 Å². The molecule has 0 aliphatic carbocycles. The second-order valence-corrected chi connectivity index (χ2v) is 4.35. The summed E-state index contributed by atoms with van der Waals surface area (Å²) in [5, 5.41) is 16.6. The van der Waals surface area contributed by atoms with Crippen molar-refractivity contribution in [2.45, 2.75) is 19.3 Å². The van der Waals surface area contributed by atoms with Crippen molar-refractivity contribution in [3.8, 4) is 5.69 Å². The number of hydrogen-bond donors (Lipinski definition) is 1. The third kappa shape index (κ3) is 2.04. The predicted octanol–water partition coefficient (Wildman–Crippen LogP) is 1.63. The summed E-state index contributed by atoms with van der Waals surface area (Å²) in [6.45, 7) is 3.37. The number of benzene rings is 1. The number of nitrogens with zero attached hydrogens (tertiary/aromatic N) is 3. The highest BCUT2D eigenvalue weighted by molar-refractivity contribution is 5.80. The van der Waals surface area contributed by atoms with Crippen molar-refractivity contribution in [1.82, 2.24) is 14.8 Å². The molecule has 0 fully saturated rings. The summed E-state index contributed by atoms with van der Waals surface area (Å²) in [4.78, 5) is 11.1. The van der Waals surface area contributed by atoms with Crippen molar-refractivity contribution >= 4 is 5.97 Å². The first kappa shape index (κ1) is 11.3. The largest absolute Gasteiger partial charge is 0.481 e. The average molecular weight is 231 g/mol. The van der Waals surface area contributed by atoms with Crippen LogP contribution in [0.4, 0.5) is 0 Å². The molecule has 1 aromatic carbocycles. The van der Waals surface area contributed by atoms with Gasteiger partial charge in [0.1, 0.15) is 12.7 Å². The molecular formula is C12H13N3O2. The van der Waals surface area contributed by atoms with Gasteiger partial charge >= 0.3 is 5.97 Å². The number of aromatic nitrogens is 3. The molecule has 88 valence electrons. The standard InChI is InChI=1S/C12H13N3O2/c1-12(2,11(16)17)9-3-5-10(6-4-9)15-7-13-14-8-15/h3-8H,1-2H3,(H,16,17). The Morgan fingerprint density at radius 1 is 1.18 bits per heavy atom. The monoisotopic (exact) mass is 231 g/mol. The Morgan fingerprint density at radius 3 is 2.18 bits per heavy atom. The Hall–Kier alpha value is -2.17. The molecule has 0 spiro atoms. The Labute approximate surface area is 98.7 Å². The number of rotatable bonds is 3. The Balaban J connectivity index is 2.34. The van der Waals surface area contributed by atoms with Crippen molar-refractivity contribution in [2.75, 3.05) is 0 Å². The van der Waals surface area contributed by atoms with Crippen molar-refractivity contribution < 1.29 is 9.90 Å². The van der Waals surface area contributed by atoms with Crippen LogP contribution in [0, 0.1) is 0 Å². The summed E-state index contributed by atoms with van der Waals surface area (Å²) < 4.78 is 1.76. The molecule has 1 heterocycles. The molecule has 0 atom stereocenters. The number of carboxylic acids is 1. The molecule has 5 nitrogen and oxygen atoms in total. The minimum absolute atomic E-state index is 0.766. The lowest BCUT2D eigenvalue weighted by Gasteiger charge is -2.19. The van der Waals surface area contributed by atoms with Gasteiger partial charge in [-0.15, -0.1) is 10.2 Å². The molecule has 17 heavy (non-hydrogen) atoms. The van der Waals surface area contributed by atoms with E-state index in [-0.39, 0.29) is 0 Å². The van der Waals surface area contributed by atoms with E-state index in [1.807, 2.05) is 24.3 Å². The molecule has 0 saturated heterocycles. The van der Waals surface area contributed by atoms with Crippen LogP contribution >= 0.6 is 0 Å². The topological polar surface area (TPSA) is 68.0 Å². The molecule has 0 unspecified atom stereocenters. The molecule has 2 aromatic rings. The van der Waals surface area contributed by atoms with Crippen molar-refractivity contribution in [2.24, 2.45) is 0 Å². The molecule has 1 aromatic heterocycles. The summed E-state index contributed by atoms with van der Waals surface area (Å²) in [7, 11) is 0. The summed E-state index contributed by atoms with van der Waals surface area (Å²) in [5.74, 6) is -0.838. The first-order valence-electron chi connectivity index (χ1n) is 5.21. The summed E-state index contributed by atoms with van der Waals surface area (Å²) in [6.07, 6.45) is 3.19. The van der Waals surface area contributed by atoms with Crippen LogP contribution in [0.2, 0.25) is 0 Å². The Bertz CT molecular complexity index is 515. The summed E-state index contributed by atoms with van der Waals surface area (Å²) in [6, 6.07) is 7.32. The predicted molar refractivity (Wildman–Crippen MR) is 62.0 cm³/mol. The lowest BCUT2D eigenvalue weighted by Crippen LogP contribution is -2.28. The summed E-state index contributed by atoms with van der Waals surface area (Å²) >= 11 is 0. The molecular weight excluding hydrogens is 218 g/mol. The van der Waals surface area contributed by atoms with E-state index in [2.05, 4.69) is 10.2 Å². The quantitative estimate of drug-likeness (QED) is 0.871. The third-order valence-electron chi connectivity index (χ3n) is 2.84. The minimum atomic E-state index is -0.883. The molecule has 5 heteroatoms. The maximum absolute atomic E-state index is 11.1. The zero-order valence-corrected chi connectivity index (χ0v) is 9.66. The smallest absolute Gasteiger partial charge is 0.313 e. The van der Waals surface area contributed by atoms with Crippen molar-refractivity contribution in [1.29, 1.82) is 0 Å². The van der Waals surface area contributed by atoms with Gasteiger partial charge in [0.05, 0.1) is 5.41 Å². The average Bonchev–Trinajstić information content (AvgIpc) is 2.82. The van der Waals surface area contributed by atoms with Crippen LogP contribution in [0.5, 0.6) is 0 Å². The highest BCUT2D eigenvalue weighted by atomic mass is 16.4. The molecule has 0 aliphatic rings. The first-order valence-corrected chi connectivity index (χ1v) is 5.21. The molecule has 0 saturated carbocycles. The van der Waals surface area contributed by atoms with Crippen LogP contribution in [0.25, 0.3) is 5.69 Å². The zero-order chi connectivity index (χ0) is 12.5. The number of carboxylic acid groups (broad SMARTS) is 1. The number of carbonyl (C=O) groups is 1.